The lowest BCUT2D eigenvalue weighted by Crippen LogP contribution is -2.26. The first-order valence-electron chi connectivity index (χ1n) is 6.08. The molecule has 0 spiro atoms. The Morgan fingerprint density at radius 3 is 2.62 bits per heavy atom. The maximum Gasteiger partial charge on any atom is 0.214 e. The molecule has 0 amide bonds. The van der Waals surface area contributed by atoms with E-state index in [1.54, 1.807) is 0 Å². The molecule has 2 aliphatic rings. The van der Waals surface area contributed by atoms with Crippen LogP contribution in [0.4, 0.5) is 0 Å². The third-order valence-electron chi connectivity index (χ3n) is 3.83. The number of hydrogen-bond donors (Lipinski definition) is 0. The van der Waals surface area contributed by atoms with Crippen molar-refractivity contribution >= 4 is 22.6 Å². The maximum absolute atomic E-state index is 6.00. The normalized spacial score (nSPS) is 32.7. The highest BCUT2D eigenvalue weighted by Crippen LogP contribution is 2.42. The predicted octanol–water partition coefficient (Wildman–Crippen LogP) is 3.64. The highest BCUT2D eigenvalue weighted by atomic mass is 127. The summed E-state index contributed by atoms with van der Waals surface area (Å²) in [4.78, 5) is 4.28. The van der Waals surface area contributed by atoms with E-state index < -0.39 is 0 Å². The number of hydrogen-bond acceptors (Lipinski definition) is 2. The van der Waals surface area contributed by atoms with Gasteiger partial charge in [0.1, 0.15) is 6.10 Å². The highest BCUT2D eigenvalue weighted by Gasteiger charge is 2.35. The molecule has 1 unspecified atom stereocenters. The summed E-state index contributed by atoms with van der Waals surface area (Å²) in [5.41, 5.74) is 0. The summed E-state index contributed by atoms with van der Waals surface area (Å²) >= 11 is 2.30. The minimum absolute atomic E-state index is 0.414. The van der Waals surface area contributed by atoms with Gasteiger partial charge in [-0.3, -0.25) is 0 Å². The summed E-state index contributed by atoms with van der Waals surface area (Å²) in [6.45, 7) is 0. The molecule has 0 radical (unpaired) electrons. The first-order valence-corrected chi connectivity index (χ1v) is 7.15. The second-order valence-electron chi connectivity index (χ2n) is 5.07. The van der Waals surface area contributed by atoms with Crippen LogP contribution in [-0.2, 0) is 0 Å². The first kappa shape index (κ1) is 10.8. The van der Waals surface area contributed by atoms with Crippen molar-refractivity contribution in [1.82, 2.24) is 4.98 Å². The molecule has 2 nitrogen and oxygen atoms in total. The summed E-state index contributed by atoms with van der Waals surface area (Å²) in [6, 6.07) is 4.02. The maximum atomic E-state index is 6.00. The molecule has 0 aromatic carbocycles. The number of nitrogens with zero attached hydrogens (tertiary/aromatic N) is 1. The molecule has 1 aromatic rings. The fraction of sp³-hybridized carbons (Fsp3) is 0.615. The van der Waals surface area contributed by atoms with Crippen molar-refractivity contribution in [3.63, 3.8) is 0 Å². The van der Waals surface area contributed by atoms with Crippen molar-refractivity contribution in [2.24, 2.45) is 11.8 Å². The molecule has 2 aliphatic carbocycles. The molecule has 0 N–H and O–H groups in total. The fourth-order valence-electron chi connectivity index (χ4n) is 3.16. The lowest BCUT2D eigenvalue weighted by molar-refractivity contribution is 0.114. The third-order valence-corrected chi connectivity index (χ3v) is 4.50. The van der Waals surface area contributed by atoms with Crippen molar-refractivity contribution < 1.29 is 4.74 Å². The number of halogens is 1. The number of pyridine rings is 1. The van der Waals surface area contributed by atoms with E-state index in [1.807, 2.05) is 18.3 Å². The van der Waals surface area contributed by atoms with Gasteiger partial charge in [0.25, 0.3) is 0 Å². The van der Waals surface area contributed by atoms with E-state index >= 15 is 0 Å². The average molecular weight is 329 g/mol. The van der Waals surface area contributed by atoms with Gasteiger partial charge in [0.15, 0.2) is 0 Å². The molecule has 16 heavy (non-hydrogen) atoms. The van der Waals surface area contributed by atoms with Gasteiger partial charge in [-0.15, -0.1) is 0 Å². The van der Waals surface area contributed by atoms with Crippen LogP contribution in [0.5, 0.6) is 5.88 Å². The molecule has 3 heteroatoms. The van der Waals surface area contributed by atoms with Gasteiger partial charge in [-0.25, -0.2) is 4.98 Å². The van der Waals surface area contributed by atoms with Gasteiger partial charge in [-0.05, 0) is 59.8 Å². The Bertz CT molecular complexity index is 370. The van der Waals surface area contributed by atoms with Crippen LogP contribution in [-0.4, -0.2) is 11.1 Å². The number of fused-ring (bicyclic) bond motifs is 2. The fourth-order valence-corrected chi connectivity index (χ4v) is 3.59. The minimum Gasteiger partial charge on any atom is -0.474 e. The summed E-state index contributed by atoms with van der Waals surface area (Å²) in [7, 11) is 0. The van der Waals surface area contributed by atoms with Gasteiger partial charge in [0.2, 0.25) is 5.88 Å². The van der Waals surface area contributed by atoms with E-state index in [4.69, 9.17) is 4.74 Å². The largest absolute Gasteiger partial charge is 0.474 e. The molecule has 1 heterocycles. The molecule has 0 aliphatic heterocycles. The lowest BCUT2D eigenvalue weighted by Gasteiger charge is -2.27. The zero-order valence-corrected chi connectivity index (χ0v) is 11.4. The smallest absolute Gasteiger partial charge is 0.214 e. The Labute approximate surface area is 110 Å². The molecule has 2 fully saturated rings. The Morgan fingerprint density at radius 2 is 1.94 bits per heavy atom. The van der Waals surface area contributed by atoms with Crippen LogP contribution in [0, 0.1) is 15.4 Å². The molecule has 3 rings (SSSR count). The van der Waals surface area contributed by atoms with E-state index in [2.05, 4.69) is 27.6 Å². The van der Waals surface area contributed by atoms with Crippen molar-refractivity contribution in [3.8, 4) is 5.88 Å². The Balaban J connectivity index is 1.67. The van der Waals surface area contributed by atoms with E-state index in [-0.39, 0.29) is 0 Å². The van der Waals surface area contributed by atoms with Crippen molar-refractivity contribution in [2.75, 3.05) is 0 Å². The van der Waals surface area contributed by atoms with Crippen molar-refractivity contribution in [1.29, 1.82) is 0 Å². The lowest BCUT2D eigenvalue weighted by atomic mass is 9.87. The average Bonchev–Trinajstić information content (AvgIpc) is 2.58. The zero-order valence-electron chi connectivity index (χ0n) is 9.23. The quantitative estimate of drug-likeness (QED) is 0.773. The molecular weight excluding hydrogens is 313 g/mol. The first-order chi connectivity index (χ1) is 7.79. The number of aromatic nitrogens is 1. The molecule has 1 aromatic heterocycles. The van der Waals surface area contributed by atoms with E-state index in [9.17, 15) is 0 Å². The zero-order chi connectivity index (χ0) is 11.0. The van der Waals surface area contributed by atoms with Crippen LogP contribution >= 0.6 is 22.6 Å². The highest BCUT2D eigenvalue weighted by molar-refractivity contribution is 14.1. The summed E-state index contributed by atoms with van der Waals surface area (Å²) in [5.74, 6) is 2.65. The van der Waals surface area contributed by atoms with Crippen LogP contribution in [0.2, 0.25) is 0 Å². The molecule has 0 saturated heterocycles. The number of rotatable bonds is 2. The van der Waals surface area contributed by atoms with Gasteiger partial charge >= 0.3 is 0 Å². The summed E-state index contributed by atoms with van der Waals surface area (Å²) in [5, 5.41) is 0. The predicted molar refractivity (Wildman–Crippen MR) is 71.4 cm³/mol. The SMILES string of the molecule is Ic1ccnc(OC2C[C@H]3CC[C@@H](C2)C3)c1. The van der Waals surface area contributed by atoms with Crippen LogP contribution in [0.1, 0.15) is 32.1 Å². The second-order valence-corrected chi connectivity index (χ2v) is 6.31. The van der Waals surface area contributed by atoms with Gasteiger partial charge < -0.3 is 4.74 Å². The van der Waals surface area contributed by atoms with E-state index in [0.29, 0.717) is 6.10 Å². The molecule has 2 saturated carbocycles. The van der Waals surface area contributed by atoms with Gasteiger partial charge in [0, 0.05) is 15.8 Å². The van der Waals surface area contributed by atoms with Crippen molar-refractivity contribution in [3.05, 3.63) is 21.9 Å². The molecular formula is C13H16INO. The minimum atomic E-state index is 0.414. The van der Waals surface area contributed by atoms with Gasteiger partial charge in [-0.2, -0.15) is 0 Å². The monoisotopic (exact) mass is 329 g/mol. The van der Waals surface area contributed by atoms with Gasteiger partial charge in [-0.1, -0.05) is 12.8 Å². The van der Waals surface area contributed by atoms with Crippen LogP contribution in [0.25, 0.3) is 0 Å². The molecule has 86 valence electrons. The Hall–Kier alpha value is -0.320. The van der Waals surface area contributed by atoms with Gasteiger partial charge in [0.05, 0.1) is 0 Å². The standard InChI is InChI=1S/C13H16INO/c14-11-3-4-15-13(8-11)16-12-6-9-1-2-10(5-9)7-12/h3-4,8-10,12H,1-2,5-7H2/t9-,10+,12?. The topological polar surface area (TPSA) is 22.1 Å². The van der Waals surface area contributed by atoms with E-state index in [1.165, 1.54) is 35.7 Å². The van der Waals surface area contributed by atoms with E-state index in [0.717, 1.165) is 17.7 Å². The summed E-state index contributed by atoms with van der Waals surface area (Å²) < 4.78 is 7.20. The van der Waals surface area contributed by atoms with Crippen LogP contribution in [0.15, 0.2) is 18.3 Å². The third kappa shape index (κ3) is 2.34. The van der Waals surface area contributed by atoms with Crippen LogP contribution < -0.4 is 4.74 Å². The summed E-state index contributed by atoms with van der Waals surface area (Å²) in [6.07, 6.45) is 9.01. The Morgan fingerprint density at radius 1 is 1.19 bits per heavy atom. The Kier molecular flexibility index (Phi) is 3.05. The molecule has 3 atom stereocenters. The second kappa shape index (κ2) is 4.51. The molecule has 2 bridgehead atoms. The van der Waals surface area contributed by atoms with Crippen molar-refractivity contribution in [2.45, 2.75) is 38.2 Å². The number of ether oxygens (including phenoxy) is 1. The van der Waals surface area contributed by atoms with Crippen LogP contribution in [0.3, 0.4) is 0 Å².